The van der Waals surface area contributed by atoms with Gasteiger partial charge >= 0.3 is 0 Å². The van der Waals surface area contributed by atoms with Gasteiger partial charge in [0.25, 0.3) is 0 Å². The summed E-state index contributed by atoms with van der Waals surface area (Å²) in [4.78, 5) is 7.11. The highest BCUT2D eigenvalue weighted by Crippen LogP contribution is 2.02. The van der Waals surface area contributed by atoms with Crippen LogP contribution >= 0.6 is 24.0 Å². The third-order valence-electron chi connectivity index (χ3n) is 3.76. The first-order chi connectivity index (χ1) is 10.3. The Balaban J connectivity index is 0.00000441. The molecule has 0 aromatic carbocycles. The fourth-order valence-electron chi connectivity index (χ4n) is 2.45. The van der Waals surface area contributed by atoms with E-state index in [0.717, 1.165) is 51.9 Å². The lowest BCUT2D eigenvalue weighted by molar-refractivity contribution is 0.0394. The van der Waals surface area contributed by atoms with Crippen molar-refractivity contribution in [2.45, 2.75) is 52.5 Å². The van der Waals surface area contributed by atoms with E-state index in [1.165, 1.54) is 25.7 Å². The molecule has 0 aromatic heterocycles. The molecule has 6 heteroatoms. The summed E-state index contributed by atoms with van der Waals surface area (Å²) in [5.74, 6) is 0.953. The molecular weight excluding hydrogens is 391 g/mol. The molecular formula is C16H35IN4O. The van der Waals surface area contributed by atoms with E-state index >= 15 is 0 Å². The molecule has 1 fully saturated rings. The quantitative estimate of drug-likeness (QED) is 0.258. The van der Waals surface area contributed by atoms with Gasteiger partial charge in [-0.2, -0.15) is 0 Å². The Labute approximate surface area is 153 Å². The molecule has 22 heavy (non-hydrogen) atoms. The Hall–Kier alpha value is -0.0800. The van der Waals surface area contributed by atoms with E-state index in [-0.39, 0.29) is 24.0 Å². The van der Waals surface area contributed by atoms with Crippen molar-refractivity contribution in [1.82, 2.24) is 15.5 Å². The van der Waals surface area contributed by atoms with Gasteiger partial charge in [0.05, 0.1) is 19.8 Å². The lowest BCUT2D eigenvalue weighted by Gasteiger charge is -2.26. The monoisotopic (exact) mass is 426 g/mol. The van der Waals surface area contributed by atoms with Gasteiger partial charge in [0.15, 0.2) is 5.96 Å². The van der Waals surface area contributed by atoms with Gasteiger partial charge in [0, 0.05) is 32.2 Å². The van der Waals surface area contributed by atoms with Gasteiger partial charge < -0.3 is 15.4 Å². The number of morpholine rings is 1. The molecule has 1 unspecified atom stereocenters. The maximum Gasteiger partial charge on any atom is 0.191 e. The van der Waals surface area contributed by atoms with Crippen molar-refractivity contribution in [1.29, 1.82) is 0 Å². The van der Waals surface area contributed by atoms with Crippen molar-refractivity contribution in [3.8, 4) is 0 Å². The standard InChI is InChI=1S/C16H34N4O.HI/c1-4-6-7-8-15(3)19-16(17-5-2)18-9-10-20-11-13-21-14-12-20;/h15H,4-14H2,1-3H3,(H2,17,18,19);1H. The van der Waals surface area contributed by atoms with E-state index in [1.54, 1.807) is 0 Å². The van der Waals surface area contributed by atoms with Crippen LogP contribution in [0.15, 0.2) is 4.99 Å². The highest BCUT2D eigenvalue weighted by atomic mass is 127. The Morgan fingerprint density at radius 3 is 2.59 bits per heavy atom. The van der Waals surface area contributed by atoms with Crippen LogP contribution in [0.4, 0.5) is 0 Å². The predicted molar refractivity (Wildman–Crippen MR) is 105 cm³/mol. The number of nitrogens with one attached hydrogen (secondary N) is 2. The average molecular weight is 426 g/mol. The molecule has 1 rings (SSSR count). The molecule has 0 spiro atoms. The van der Waals surface area contributed by atoms with Gasteiger partial charge in [0.1, 0.15) is 0 Å². The minimum atomic E-state index is 0. The third-order valence-corrected chi connectivity index (χ3v) is 3.76. The number of halogens is 1. The van der Waals surface area contributed by atoms with E-state index in [2.05, 4.69) is 41.3 Å². The van der Waals surface area contributed by atoms with Crippen molar-refractivity contribution in [2.75, 3.05) is 45.9 Å². The first-order valence-electron chi connectivity index (χ1n) is 8.61. The number of unbranched alkanes of at least 4 members (excludes halogenated alkanes) is 2. The predicted octanol–water partition coefficient (Wildman–Crippen LogP) is 2.46. The maximum atomic E-state index is 5.36. The van der Waals surface area contributed by atoms with Crippen LogP contribution in [0, 0.1) is 0 Å². The zero-order valence-electron chi connectivity index (χ0n) is 14.6. The summed E-state index contributed by atoms with van der Waals surface area (Å²) in [6, 6.07) is 0.484. The highest BCUT2D eigenvalue weighted by Gasteiger charge is 2.09. The van der Waals surface area contributed by atoms with Crippen LogP contribution in [0.3, 0.4) is 0 Å². The molecule has 0 aromatic rings. The minimum Gasteiger partial charge on any atom is -0.379 e. The fourth-order valence-corrected chi connectivity index (χ4v) is 2.45. The number of nitrogens with zero attached hydrogens (tertiary/aromatic N) is 2. The van der Waals surface area contributed by atoms with Crippen LogP contribution in [-0.2, 0) is 4.74 Å². The van der Waals surface area contributed by atoms with Crippen LogP contribution in [0.5, 0.6) is 0 Å². The number of hydrogen-bond acceptors (Lipinski definition) is 3. The summed E-state index contributed by atoms with van der Waals surface area (Å²) >= 11 is 0. The SMILES string of the molecule is CCCCCC(C)NC(=NCCN1CCOCC1)NCC.I. The van der Waals surface area contributed by atoms with Gasteiger partial charge in [-0.15, -0.1) is 24.0 Å². The van der Waals surface area contributed by atoms with E-state index in [0.29, 0.717) is 6.04 Å². The largest absolute Gasteiger partial charge is 0.379 e. The maximum absolute atomic E-state index is 5.36. The van der Waals surface area contributed by atoms with Crippen molar-refractivity contribution in [3.63, 3.8) is 0 Å². The summed E-state index contributed by atoms with van der Waals surface area (Å²) in [5.41, 5.74) is 0. The lowest BCUT2D eigenvalue weighted by atomic mass is 10.1. The molecule has 0 bridgehead atoms. The number of guanidine groups is 1. The summed E-state index contributed by atoms with van der Waals surface area (Å²) in [5, 5.41) is 6.85. The Bertz CT molecular complexity index is 283. The number of hydrogen-bond donors (Lipinski definition) is 2. The molecule has 1 aliphatic rings. The molecule has 0 amide bonds. The van der Waals surface area contributed by atoms with Gasteiger partial charge in [-0.05, 0) is 20.3 Å². The van der Waals surface area contributed by atoms with Gasteiger partial charge in [0.2, 0.25) is 0 Å². The summed E-state index contributed by atoms with van der Waals surface area (Å²) in [7, 11) is 0. The van der Waals surface area contributed by atoms with Crippen molar-refractivity contribution in [3.05, 3.63) is 0 Å². The molecule has 0 aliphatic carbocycles. The zero-order valence-corrected chi connectivity index (χ0v) is 16.9. The Kier molecular flexibility index (Phi) is 14.5. The van der Waals surface area contributed by atoms with Gasteiger partial charge in [-0.25, -0.2) is 0 Å². The van der Waals surface area contributed by atoms with Gasteiger partial charge in [-0.1, -0.05) is 26.2 Å². The fraction of sp³-hybridized carbons (Fsp3) is 0.938. The second kappa shape index (κ2) is 14.5. The molecule has 2 N–H and O–H groups in total. The van der Waals surface area contributed by atoms with Crippen LogP contribution in [-0.4, -0.2) is 62.8 Å². The summed E-state index contributed by atoms with van der Waals surface area (Å²) < 4.78 is 5.36. The number of ether oxygens (including phenoxy) is 1. The van der Waals surface area contributed by atoms with E-state index in [4.69, 9.17) is 4.74 Å². The smallest absolute Gasteiger partial charge is 0.191 e. The molecule has 132 valence electrons. The second-order valence-corrected chi connectivity index (χ2v) is 5.76. The molecule has 5 nitrogen and oxygen atoms in total. The second-order valence-electron chi connectivity index (χ2n) is 5.76. The van der Waals surface area contributed by atoms with Crippen molar-refractivity contribution < 1.29 is 4.74 Å². The van der Waals surface area contributed by atoms with Crippen molar-refractivity contribution in [2.24, 2.45) is 4.99 Å². The molecule has 0 radical (unpaired) electrons. The Morgan fingerprint density at radius 2 is 1.95 bits per heavy atom. The van der Waals surface area contributed by atoms with E-state index < -0.39 is 0 Å². The third kappa shape index (κ3) is 10.6. The molecule has 1 aliphatic heterocycles. The molecule has 1 atom stereocenters. The van der Waals surface area contributed by atoms with E-state index in [9.17, 15) is 0 Å². The first-order valence-corrected chi connectivity index (χ1v) is 8.61. The topological polar surface area (TPSA) is 48.9 Å². The number of rotatable bonds is 9. The summed E-state index contributed by atoms with van der Waals surface area (Å²) in [6.07, 6.45) is 5.09. The Morgan fingerprint density at radius 1 is 1.23 bits per heavy atom. The summed E-state index contributed by atoms with van der Waals surface area (Å²) in [6.45, 7) is 13.2. The van der Waals surface area contributed by atoms with Crippen LogP contribution < -0.4 is 10.6 Å². The lowest BCUT2D eigenvalue weighted by Crippen LogP contribution is -2.43. The van der Waals surface area contributed by atoms with Crippen LogP contribution in [0.25, 0.3) is 0 Å². The van der Waals surface area contributed by atoms with Crippen LogP contribution in [0.1, 0.15) is 46.5 Å². The number of aliphatic imine (C=N–C) groups is 1. The zero-order chi connectivity index (χ0) is 15.3. The minimum absolute atomic E-state index is 0. The normalized spacial score (nSPS) is 17.7. The van der Waals surface area contributed by atoms with Crippen LogP contribution in [0.2, 0.25) is 0 Å². The molecule has 1 saturated heterocycles. The molecule has 0 saturated carbocycles. The van der Waals surface area contributed by atoms with Crippen molar-refractivity contribution >= 4 is 29.9 Å². The average Bonchev–Trinajstić information content (AvgIpc) is 2.49. The van der Waals surface area contributed by atoms with E-state index in [1.807, 2.05) is 0 Å². The first kappa shape index (κ1) is 21.9. The van der Waals surface area contributed by atoms with Gasteiger partial charge in [-0.3, -0.25) is 9.89 Å². The molecule has 1 heterocycles. The highest BCUT2D eigenvalue weighted by molar-refractivity contribution is 14.0.